The molecule has 1 aromatic heterocycles. The summed E-state index contributed by atoms with van der Waals surface area (Å²) in [6.07, 6.45) is -8.31. The molecule has 0 aliphatic heterocycles. The van der Waals surface area contributed by atoms with E-state index in [1.165, 1.54) is 7.05 Å². The summed E-state index contributed by atoms with van der Waals surface area (Å²) in [5, 5.41) is 3.15. The van der Waals surface area contributed by atoms with E-state index >= 15 is 0 Å². The Labute approximate surface area is 82.7 Å². The normalized spacial score (nSPS) is 12.5. The maximum atomic E-state index is 12.5. The van der Waals surface area contributed by atoms with E-state index in [4.69, 9.17) is 0 Å². The third-order valence-electron chi connectivity index (χ3n) is 1.92. The lowest BCUT2D eigenvalue weighted by Crippen LogP contribution is -2.11. The van der Waals surface area contributed by atoms with Crippen LogP contribution < -0.4 is 0 Å². The van der Waals surface area contributed by atoms with E-state index in [9.17, 15) is 22.0 Å². The van der Waals surface area contributed by atoms with Crippen molar-refractivity contribution in [1.29, 1.82) is 0 Å². The van der Waals surface area contributed by atoms with Crippen molar-refractivity contribution >= 4 is 0 Å². The van der Waals surface area contributed by atoms with Crippen LogP contribution >= 0.6 is 0 Å². The van der Waals surface area contributed by atoms with Gasteiger partial charge < -0.3 is 0 Å². The molecule has 1 aromatic rings. The standard InChI is InChI=1S/C8H8F5N2/c1-3-4-5(8(11,12)13)6(7(9)10)14-15(4)2/h7H,1,3H2,2H3. The molecule has 1 radical (unpaired) electrons. The molecule has 7 heteroatoms. The van der Waals surface area contributed by atoms with Crippen molar-refractivity contribution in [3.63, 3.8) is 0 Å². The minimum absolute atomic E-state index is 0.245. The summed E-state index contributed by atoms with van der Waals surface area (Å²) >= 11 is 0. The Morgan fingerprint density at radius 1 is 1.40 bits per heavy atom. The lowest BCUT2D eigenvalue weighted by molar-refractivity contribution is -0.140. The molecule has 1 rings (SSSR count). The molecule has 0 unspecified atom stereocenters. The molecule has 0 saturated heterocycles. The summed E-state index contributed by atoms with van der Waals surface area (Å²) < 4.78 is 62.7. The SMILES string of the molecule is [CH2]Cc1c(C(F)(F)F)c(C(F)F)nn1C. The van der Waals surface area contributed by atoms with Crippen LogP contribution in [0.1, 0.15) is 23.4 Å². The predicted octanol–water partition coefficient (Wildman–Crippen LogP) is 2.75. The van der Waals surface area contributed by atoms with Crippen molar-refractivity contribution < 1.29 is 22.0 Å². The third kappa shape index (κ3) is 2.10. The van der Waals surface area contributed by atoms with E-state index in [1.807, 2.05) is 0 Å². The Kier molecular flexibility index (Phi) is 3.01. The van der Waals surface area contributed by atoms with Crippen LogP contribution in [0.3, 0.4) is 0 Å². The van der Waals surface area contributed by atoms with Gasteiger partial charge in [0.25, 0.3) is 6.43 Å². The molecule has 0 N–H and O–H groups in total. The zero-order valence-corrected chi connectivity index (χ0v) is 7.78. The number of rotatable bonds is 2. The molecule has 2 nitrogen and oxygen atoms in total. The number of alkyl halides is 5. The molecule has 0 aromatic carbocycles. The zero-order chi connectivity index (χ0) is 11.8. The Morgan fingerprint density at radius 2 is 1.93 bits per heavy atom. The quantitative estimate of drug-likeness (QED) is 0.710. The molecule has 0 amide bonds. The van der Waals surface area contributed by atoms with Crippen LogP contribution in [0.25, 0.3) is 0 Å². The maximum absolute atomic E-state index is 12.5. The first-order valence-corrected chi connectivity index (χ1v) is 3.99. The van der Waals surface area contributed by atoms with Gasteiger partial charge in [-0.1, -0.05) is 0 Å². The van der Waals surface area contributed by atoms with Crippen LogP contribution in [0.5, 0.6) is 0 Å². The van der Waals surface area contributed by atoms with Gasteiger partial charge in [0.1, 0.15) is 11.3 Å². The molecule has 1 heterocycles. The molecule has 85 valence electrons. The summed E-state index contributed by atoms with van der Waals surface area (Å²) in [6, 6.07) is 0. The molecular formula is C8H8F5N2. The monoisotopic (exact) mass is 227 g/mol. The third-order valence-corrected chi connectivity index (χ3v) is 1.92. The van der Waals surface area contributed by atoms with Crippen LogP contribution in [0.2, 0.25) is 0 Å². The number of nitrogens with zero attached hydrogens (tertiary/aromatic N) is 2. The minimum atomic E-state index is -4.83. The summed E-state index contributed by atoms with van der Waals surface area (Å²) in [4.78, 5) is 0. The van der Waals surface area contributed by atoms with Gasteiger partial charge in [0.15, 0.2) is 0 Å². The van der Waals surface area contributed by atoms with Gasteiger partial charge in [0.2, 0.25) is 0 Å². The van der Waals surface area contributed by atoms with Gasteiger partial charge in [-0.2, -0.15) is 18.3 Å². The number of hydrogen-bond acceptors (Lipinski definition) is 1. The first-order chi connectivity index (χ1) is 6.79. The summed E-state index contributed by atoms with van der Waals surface area (Å²) in [5.74, 6) is 0. The first-order valence-electron chi connectivity index (χ1n) is 3.99. The Hall–Kier alpha value is -1.14. The molecule has 0 fully saturated rings. The minimum Gasteiger partial charge on any atom is -0.272 e. The highest BCUT2D eigenvalue weighted by atomic mass is 19.4. The lowest BCUT2D eigenvalue weighted by atomic mass is 10.1. The summed E-state index contributed by atoms with van der Waals surface area (Å²) in [5.41, 5.74) is -2.93. The molecule has 0 saturated carbocycles. The van der Waals surface area contributed by atoms with Gasteiger partial charge in [-0.15, -0.1) is 0 Å². The number of hydrogen-bond donors (Lipinski definition) is 0. The number of aromatic nitrogens is 2. The largest absolute Gasteiger partial charge is 0.420 e. The highest BCUT2D eigenvalue weighted by Gasteiger charge is 2.41. The second-order valence-corrected chi connectivity index (χ2v) is 2.88. The molecule has 0 aliphatic rings. The van der Waals surface area contributed by atoms with Gasteiger partial charge >= 0.3 is 6.18 Å². The topological polar surface area (TPSA) is 17.8 Å². The zero-order valence-electron chi connectivity index (χ0n) is 7.78. The smallest absolute Gasteiger partial charge is 0.272 e. The van der Waals surface area contributed by atoms with Crippen molar-refractivity contribution in [1.82, 2.24) is 9.78 Å². The van der Waals surface area contributed by atoms with E-state index in [0.29, 0.717) is 0 Å². The molecular weight excluding hydrogens is 219 g/mol. The molecule has 0 aliphatic carbocycles. The van der Waals surface area contributed by atoms with Crippen LogP contribution in [0.4, 0.5) is 22.0 Å². The van der Waals surface area contributed by atoms with E-state index in [1.54, 1.807) is 0 Å². The van der Waals surface area contributed by atoms with Crippen molar-refractivity contribution in [3.05, 3.63) is 23.9 Å². The number of halogens is 5. The molecule has 0 atom stereocenters. The van der Waals surface area contributed by atoms with E-state index in [-0.39, 0.29) is 12.1 Å². The summed E-state index contributed by atoms with van der Waals surface area (Å²) in [6.45, 7) is 3.26. The molecule has 15 heavy (non-hydrogen) atoms. The van der Waals surface area contributed by atoms with Crippen LogP contribution in [-0.4, -0.2) is 9.78 Å². The van der Waals surface area contributed by atoms with Crippen molar-refractivity contribution in [2.24, 2.45) is 7.05 Å². The fraction of sp³-hybridized carbons (Fsp3) is 0.500. The second-order valence-electron chi connectivity index (χ2n) is 2.88. The van der Waals surface area contributed by atoms with E-state index < -0.39 is 23.9 Å². The van der Waals surface area contributed by atoms with Crippen LogP contribution in [0.15, 0.2) is 0 Å². The van der Waals surface area contributed by atoms with Gasteiger partial charge in [-0.25, -0.2) is 8.78 Å². The van der Waals surface area contributed by atoms with Crippen LogP contribution in [0, 0.1) is 6.92 Å². The van der Waals surface area contributed by atoms with Crippen molar-refractivity contribution in [3.8, 4) is 0 Å². The van der Waals surface area contributed by atoms with Crippen molar-refractivity contribution in [2.75, 3.05) is 0 Å². The molecule has 0 bridgehead atoms. The lowest BCUT2D eigenvalue weighted by Gasteiger charge is -2.08. The predicted molar refractivity (Wildman–Crippen MR) is 42.2 cm³/mol. The van der Waals surface area contributed by atoms with Crippen molar-refractivity contribution in [2.45, 2.75) is 19.0 Å². The summed E-state index contributed by atoms with van der Waals surface area (Å²) in [7, 11) is 1.18. The Bertz CT molecular complexity index is 353. The fourth-order valence-corrected chi connectivity index (χ4v) is 1.33. The first kappa shape index (κ1) is 11.9. The van der Waals surface area contributed by atoms with E-state index in [0.717, 1.165) is 4.68 Å². The fourth-order valence-electron chi connectivity index (χ4n) is 1.33. The van der Waals surface area contributed by atoms with Gasteiger partial charge in [-0.05, 0) is 13.3 Å². The van der Waals surface area contributed by atoms with E-state index in [2.05, 4.69) is 12.0 Å². The van der Waals surface area contributed by atoms with Gasteiger partial charge in [0.05, 0.1) is 5.69 Å². The Balaban J connectivity index is 3.42. The highest BCUT2D eigenvalue weighted by Crippen LogP contribution is 2.38. The van der Waals surface area contributed by atoms with Gasteiger partial charge in [0, 0.05) is 7.05 Å². The second kappa shape index (κ2) is 3.79. The average molecular weight is 227 g/mol. The molecule has 0 spiro atoms. The average Bonchev–Trinajstić information content (AvgIpc) is 2.41. The van der Waals surface area contributed by atoms with Crippen LogP contribution in [-0.2, 0) is 19.6 Å². The number of aryl methyl sites for hydroxylation is 1. The Morgan fingerprint density at radius 3 is 2.27 bits per heavy atom. The van der Waals surface area contributed by atoms with Gasteiger partial charge in [-0.3, -0.25) is 4.68 Å². The highest BCUT2D eigenvalue weighted by molar-refractivity contribution is 5.30. The maximum Gasteiger partial charge on any atom is 0.420 e.